The molecule has 2 rings (SSSR count). The minimum absolute atomic E-state index is 0.155. The average Bonchev–Trinajstić information content (AvgIpc) is 2.48. The second-order valence-corrected chi connectivity index (χ2v) is 7.50. The van der Waals surface area contributed by atoms with Gasteiger partial charge in [-0.2, -0.15) is 0 Å². The average molecular weight is 311 g/mol. The molecule has 1 aliphatic carbocycles. The summed E-state index contributed by atoms with van der Waals surface area (Å²) >= 11 is 0. The van der Waals surface area contributed by atoms with Gasteiger partial charge >= 0.3 is 5.97 Å². The number of aliphatic carboxylic acids is 1. The number of hydrogen-bond acceptors (Lipinski definition) is 3. The van der Waals surface area contributed by atoms with E-state index in [1.54, 1.807) is 12.1 Å². The number of nitrogens with one attached hydrogen (secondary N) is 1. The third kappa shape index (κ3) is 4.54. The molecule has 1 atom stereocenters. The molecule has 0 amide bonds. The normalized spacial score (nSPS) is 18.3. The van der Waals surface area contributed by atoms with Gasteiger partial charge in [0.1, 0.15) is 6.04 Å². The zero-order valence-corrected chi connectivity index (χ0v) is 12.7. The highest BCUT2D eigenvalue weighted by molar-refractivity contribution is 7.90. The lowest BCUT2D eigenvalue weighted by atomic mass is 10.0. The standard InChI is InChI=1S/C15H21NO4S/c17-15(18)14(11-12-7-3-1-4-8-12)16-21(19,20)13-9-5-2-6-10-13/h1,3-4,7-8,13-14,16H,2,5-6,9-11H2,(H,17,18)/t14-/m1/s1. The van der Waals surface area contributed by atoms with Crippen LogP contribution in [-0.4, -0.2) is 30.8 Å². The Bertz CT molecular complexity index is 565. The third-order valence-electron chi connectivity index (χ3n) is 3.88. The van der Waals surface area contributed by atoms with Crippen molar-refractivity contribution < 1.29 is 18.3 Å². The molecule has 116 valence electrons. The SMILES string of the molecule is O=C(O)[C@@H](Cc1ccccc1)NS(=O)(=O)C1CCCCC1. The molecule has 0 unspecified atom stereocenters. The molecule has 0 aliphatic heterocycles. The maximum atomic E-state index is 12.3. The Morgan fingerprint density at radius 3 is 2.38 bits per heavy atom. The molecule has 1 aliphatic rings. The van der Waals surface area contributed by atoms with Gasteiger partial charge in [0.15, 0.2) is 0 Å². The highest BCUT2D eigenvalue weighted by atomic mass is 32.2. The fourth-order valence-corrected chi connectivity index (χ4v) is 4.43. The smallest absolute Gasteiger partial charge is 0.322 e. The Morgan fingerprint density at radius 2 is 1.81 bits per heavy atom. The van der Waals surface area contributed by atoms with Gasteiger partial charge < -0.3 is 5.11 Å². The maximum absolute atomic E-state index is 12.3. The van der Waals surface area contributed by atoms with E-state index in [0.29, 0.717) is 12.8 Å². The van der Waals surface area contributed by atoms with E-state index < -0.39 is 27.3 Å². The molecule has 1 fully saturated rings. The molecule has 0 aromatic heterocycles. The number of carboxylic acids is 1. The Balaban J connectivity index is 2.07. The van der Waals surface area contributed by atoms with Crippen LogP contribution >= 0.6 is 0 Å². The number of hydrogen-bond donors (Lipinski definition) is 2. The van der Waals surface area contributed by atoms with Crippen molar-refractivity contribution >= 4 is 16.0 Å². The monoisotopic (exact) mass is 311 g/mol. The van der Waals surface area contributed by atoms with E-state index in [-0.39, 0.29) is 6.42 Å². The van der Waals surface area contributed by atoms with Crippen molar-refractivity contribution in [1.29, 1.82) is 0 Å². The zero-order valence-electron chi connectivity index (χ0n) is 11.9. The first-order valence-electron chi connectivity index (χ1n) is 7.27. The number of carbonyl (C=O) groups is 1. The Morgan fingerprint density at radius 1 is 1.19 bits per heavy atom. The van der Waals surface area contributed by atoms with Gasteiger partial charge in [0.05, 0.1) is 5.25 Å². The molecule has 21 heavy (non-hydrogen) atoms. The fraction of sp³-hybridized carbons (Fsp3) is 0.533. The minimum Gasteiger partial charge on any atom is -0.480 e. The summed E-state index contributed by atoms with van der Waals surface area (Å²) in [5.74, 6) is -1.14. The zero-order chi connectivity index (χ0) is 15.3. The van der Waals surface area contributed by atoms with Gasteiger partial charge in [0, 0.05) is 0 Å². The second kappa shape index (κ2) is 7.04. The second-order valence-electron chi connectivity index (χ2n) is 5.50. The molecule has 0 saturated heterocycles. The summed E-state index contributed by atoms with van der Waals surface area (Å²) in [4.78, 5) is 11.3. The molecule has 0 bridgehead atoms. The van der Waals surface area contributed by atoms with Crippen LogP contribution in [0.25, 0.3) is 0 Å². The van der Waals surface area contributed by atoms with E-state index in [1.165, 1.54) is 0 Å². The van der Waals surface area contributed by atoms with Crippen molar-refractivity contribution in [1.82, 2.24) is 4.72 Å². The van der Waals surface area contributed by atoms with Crippen molar-refractivity contribution in [2.75, 3.05) is 0 Å². The molecule has 2 N–H and O–H groups in total. The predicted octanol–water partition coefficient (Wildman–Crippen LogP) is 1.93. The third-order valence-corrected chi connectivity index (χ3v) is 5.84. The Kier molecular flexibility index (Phi) is 5.36. The summed E-state index contributed by atoms with van der Waals surface area (Å²) < 4.78 is 27.0. The first-order valence-corrected chi connectivity index (χ1v) is 8.81. The van der Waals surface area contributed by atoms with Crippen LogP contribution in [-0.2, 0) is 21.2 Å². The van der Waals surface area contributed by atoms with Crippen molar-refractivity contribution in [3.63, 3.8) is 0 Å². The van der Waals surface area contributed by atoms with Gasteiger partial charge in [0.2, 0.25) is 10.0 Å². The van der Waals surface area contributed by atoms with E-state index in [4.69, 9.17) is 0 Å². The van der Waals surface area contributed by atoms with E-state index in [2.05, 4.69) is 4.72 Å². The van der Waals surface area contributed by atoms with E-state index in [0.717, 1.165) is 24.8 Å². The lowest BCUT2D eigenvalue weighted by Crippen LogP contribution is -2.46. The van der Waals surface area contributed by atoms with Gasteiger partial charge in [-0.15, -0.1) is 0 Å². The molecule has 6 heteroatoms. The molecule has 1 aromatic carbocycles. The van der Waals surface area contributed by atoms with E-state index >= 15 is 0 Å². The van der Waals surface area contributed by atoms with Crippen molar-refractivity contribution in [2.45, 2.75) is 49.8 Å². The summed E-state index contributed by atoms with van der Waals surface area (Å²) in [5.41, 5.74) is 0.802. The number of rotatable bonds is 6. The van der Waals surface area contributed by atoms with Crippen molar-refractivity contribution in [2.24, 2.45) is 0 Å². The van der Waals surface area contributed by atoms with Crippen LogP contribution in [0.1, 0.15) is 37.7 Å². The van der Waals surface area contributed by atoms with Crippen LogP contribution in [0.3, 0.4) is 0 Å². The van der Waals surface area contributed by atoms with Crippen molar-refractivity contribution in [3.05, 3.63) is 35.9 Å². The molecule has 0 radical (unpaired) electrons. The van der Waals surface area contributed by atoms with E-state index in [1.807, 2.05) is 18.2 Å². The van der Waals surface area contributed by atoms with Crippen molar-refractivity contribution in [3.8, 4) is 0 Å². The van der Waals surface area contributed by atoms with Crippen LogP contribution in [0.2, 0.25) is 0 Å². The number of benzene rings is 1. The number of carboxylic acid groups (broad SMARTS) is 1. The van der Waals surface area contributed by atoms with Crippen LogP contribution < -0.4 is 4.72 Å². The topological polar surface area (TPSA) is 83.5 Å². The van der Waals surface area contributed by atoms with Crippen LogP contribution in [0, 0.1) is 0 Å². The Hall–Kier alpha value is -1.40. The van der Waals surface area contributed by atoms with Gasteiger partial charge in [-0.3, -0.25) is 4.79 Å². The van der Waals surface area contributed by atoms with Gasteiger partial charge in [-0.25, -0.2) is 13.1 Å². The summed E-state index contributed by atoms with van der Waals surface area (Å²) in [6.45, 7) is 0. The van der Waals surface area contributed by atoms with Crippen LogP contribution in [0.15, 0.2) is 30.3 Å². The van der Waals surface area contributed by atoms with Gasteiger partial charge in [0.25, 0.3) is 0 Å². The van der Waals surface area contributed by atoms with Crippen LogP contribution in [0.4, 0.5) is 0 Å². The summed E-state index contributed by atoms with van der Waals surface area (Å²) in [5, 5.41) is 8.81. The van der Waals surface area contributed by atoms with Crippen LogP contribution in [0.5, 0.6) is 0 Å². The molecular formula is C15H21NO4S. The maximum Gasteiger partial charge on any atom is 0.322 e. The number of sulfonamides is 1. The van der Waals surface area contributed by atoms with Gasteiger partial charge in [-0.05, 0) is 24.8 Å². The molecule has 1 saturated carbocycles. The summed E-state index contributed by atoms with van der Waals surface area (Å²) in [6.07, 6.45) is 4.23. The first-order chi connectivity index (χ1) is 9.99. The molecular weight excluding hydrogens is 290 g/mol. The highest BCUT2D eigenvalue weighted by Crippen LogP contribution is 2.23. The molecule has 0 heterocycles. The largest absolute Gasteiger partial charge is 0.480 e. The fourth-order valence-electron chi connectivity index (χ4n) is 2.70. The van der Waals surface area contributed by atoms with Gasteiger partial charge in [-0.1, -0.05) is 49.6 Å². The lowest BCUT2D eigenvalue weighted by molar-refractivity contribution is -0.138. The molecule has 1 aromatic rings. The summed E-state index contributed by atoms with van der Waals surface area (Å²) in [6, 6.07) is 7.94. The summed E-state index contributed by atoms with van der Waals surface area (Å²) in [7, 11) is -3.58. The quantitative estimate of drug-likeness (QED) is 0.841. The molecule has 0 spiro atoms. The van der Waals surface area contributed by atoms with E-state index in [9.17, 15) is 18.3 Å². The Labute approximate surface area is 125 Å². The molecule has 5 nitrogen and oxygen atoms in total. The predicted molar refractivity (Wildman–Crippen MR) is 80.5 cm³/mol. The minimum atomic E-state index is -3.58. The lowest BCUT2D eigenvalue weighted by Gasteiger charge is -2.24. The first kappa shape index (κ1) is 16.0. The highest BCUT2D eigenvalue weighted by Gasteiger charge is 2.31.